The van der Waals surface area contributed by atoms with E-state index in [1.54, 1.807) is 12.1 Å². The molecule has 3 aromatic carbocycles. The third-order valence-corrected chi connectivity index (χ3v) is 16.1. The van der Waals surface area contributed by atoms with Crippen molar-refractivity contribution >= 4 is 34.9 Å². The lowest BCUT2D eigenvalue weighted by Crippen LogP contribution is -2.59. The number of aliphatic hydroxyl groups is 1. The molecule has 4 saturated heterocycles. The van der Waals surface area contributed by atoms with Crippen LogP contribution in [0.2, 0.25) is 0 Å². The predicted octanol–water partition coefficient (Wildman–Crippen LogP) is 5.74. The Morgan fingerprint density at radius 2 is 1.58 bits per heavy atom. The molecule has 13 nitrogen and oxygen atoms in total. The average Bonchev–Trinajstić information content (AvgIpc) is 4.07. The Hall–Kier alpha value is -4.77. The number of aryl methyl sites for hydroxylation is 2. The Morgan fingerprint density at radius 3 is 2.22 bits per heavy atom. The summed E-state index contributed by atoms with van der Waals surface area (Å²) in [6.07, 6.45) is 3.20. The maximum Gasteiger partial charge on any atom is 0.246 e. The standard InChI is InChI=1S/C54H74FN9O4S/c1-36-9-8-10-46(55)44(36)32-62-33-45(48(34-62)59(6)7)40-15-17-42(18-16-40)63-25-23-61(24-26-63)30-39-19-21-60(22-20-39)35-49(66)58-51(54(3,4)5)53(68)64-31-43(65)27-47(64)52(67)56-29-38-11-13-41(14-12-38)50-37(2)28-57-69-50/h8-18,28,39,43,45,47-48,51,65H,19-27,29-35H2,1-7H3,(H,56,67)(H,58,66)/t43-,45-,47+,48+,51+/m1/s1. The number of halogens is 1. The van der Waals surface area contributed by atoms with E-state index in [1.807, 2.05) is 71.1 Å². The highest BCUT2D eigenvalue weighted by molar-refractivity contribution is 7.09. The lowest BCUT2D eigenvalue weighted by Gasteiger charge is -2.40. The number of piperazine rings is 1. The number of β-amino-alcohol motifs (C(OH)–C–C–N with tert-alkyl or cyclic N) is 1. The van der Waals surface area contributed by atoms with Crippen molar-refractivity contribution < 1.29 is 23.9 Å². The van der Waals surface area contributed by atoms with E-state index < -0.39 is 23.6 Å². The molecule has 4 fully saturated rings. The number of amides is 3. The minimum atomic E-state index is -0.862. The molecule has 3 N–H and O–H groups in total. The Kier molecular flexibility index (Phi) is 16.2. The summed E-state index contributed by atoms with van der Waals surface area (Å²) in [6.45, 7) is 19.5. The summed E-state index contributed by atoms with van der Waals surface area (Å²) in [7, 11) is 4.30. The van der Waals surface area contributed by atoms with Crippen molar-refractivity contribution in [2.75, 3.05) is 91.0 Å². The summed E-state index contributed by atoms with van der Waals surface area (Å²) in [6, 6.07) is 21.2. The van der Waals surface area contributed by atoms with Crippen molar-refractivity contribution in [1.82, 2.24) is 39.5 Å². The second kappa shape index (κ2) is 22.1. The van der Waals surface area contributed by atoms with Gasteiger partial charge in [-0.1, -0.05) is 69.3 Å². The third kappa shape index (κ3) is 12.4. The summed E-state index contributed by atoms with van der Waals surface area (Å²) >= 11 is 1.45. The van der Waals surface area contributed by atoms with E-state index in [1.165, 1.54) is 27.7 Å². The molecule has 0 saturated carbocycles. The largest absolute Gasteiger partial charge is 0.391 e. The monoisotopic (exact) mass is 964 g/mol. The molecular formula is C54H74FN9O4S. The zero-order valence-electron chi connectivity index (χ0n) is 41.8. The first kappa shape index (κ1) is 50.6. The molecule has 5 atom stereocenters. The number of aromatic nitrogens is 1. The molecular weight excluding hydrogens is 890 g/mol. The van der Waals surface area contributed by atoms with Gasteiger partial charge in [0.25, 0.3) is 0 Å². The maximum atomic E-state index is 14.7. The predicted molar refractivity (Wildman–Crippen MR) is 273 cm³/mol. The third-order valence-electron chi connectivity index (χ3n) is 15.1. The van der Waals surface area contributed by atoms with E-state index >= 15 is 0 Å². The van der Waals surface area contributed by atoms with Crippen LogP contribution >= 0.6 is 11.5 Å². The van der Waals surface area contributed by atoms with E-state index in [2.05, 4.69) is 77.9 Å². The number of carbonyl (C=O) groups is 3. The second-order valence-corrected chi connectivity index (χ2v) is 22.3. The van der Waals surface area contributed by atoms with Crippen LogP contribution in [0.4, 0.5) is 10.1 Å². The molecule has 69 heavy (non-hydrogen) atoms. The zero-order chi connectivity index (χ0) is 49.0. The zero-order valence-corrected chi connectivity index (χ0v) is 42.6. The Bertz CT molecular complexity index is 2350. The number of benzene rings is 3. The smallest absolute Gasteiger partial charge is 0.246 e. The number of hydrogen-bond acceptors (Lipinski definition) is 11. The summed E-state index contributed by atoms with van der Waals surface area (Å²) in [5.41, 5.74) is 6.90. The fraction of sp³-hybridized carbons (Fsp3) is 0.556. The van der Waals surface area contributed by atoms with Gasteiger partial charge in [0.05, 0.1) is 17.5 Å². The number of likely N-dealkylation sites (N-methyl/N-ethyl adjacent to an activating group) is 1. The lowest BCUT2D eigenvalue weighted by molar-refractivity contribution is -0.144. The van der Waals surface area contributed by atoms with Gasteiger partial charge in [0.15, 0.2) is 0 Å². The van der Waals surface area contributed by atoms with Crippen LogP contribution in [-0.2, 0) is 27.5 Å². The molecule has 0 spiro atoms. The van der Waals surface area contributed by atoms with Gasteiger partial charge >= 0.3 is 0 Å². The van der Waals surface area contributed by atoms with Gasteiger partial charge in [0.2, 0.25) is 17.7 Å². The number of hydrogen-bond donors (Lipinski definition) is 3. The van der Waals surface area contributed by atoms with Gasteiger partial charge in [-0.2, -0.15) is 0 Å². The molecule has 3 amide bonds. The fourth-order valence-electron chi connectivity index (χ4n) is 10.9. The van der Waals surface area contributed by atoms with Crippen molar-refractivity contribution in [3.8, 4) is 10.4 Å². The van der Waals surface area contributed by atoms with Crippen LogP contribution in [0.3, 0.4) is 0 Å². The summed E-state index contributed by atoms with van der Waals surface area (Å²) in [5.74, 6) is -0.0786. The van der Waals surface area contributed by atoms with E-state index in [0.29, 0.717) is 31.0 Å². The quantitative estimate of drug-likeness (QED) is 0.136. The fourth-order valence-corrected chi connectivity index (χ4v) is 11.7. The molecule has 4 aliphatic heterocycles. The number of nitrogens with zero attached hydrogens (tertiary/aromatic N) is 7. The molecule has 1 aromatic heterocycles. The van der Waals surface area contributed by atoms with Crippen LogP contribution in [0, 0.1) is 31.0 Å². The number of anilines is 1. The number of aliphatic hydroxyl groups excluding tert-OH is 1. The van der Waals surface area contributed by atoms with Crippen molar-refractivity contribution in [3.63, 3.8) is 0 Å². The first-order chi connectivity index (χ1) is 33.0. The van der Waals surface area contributed by atoms with Crippen LogP contribution in [0.15, 0.2) is 72.9 Å². The van der Waals surface area contributed by atoms with Crippen LogP contribution in [0.1, 0.15) is 73.8 Å². The molecule has 4 aliphatic rings. The highest BCUT2D eigenvalue weighted by atomic mass is 32.1. The van der Waals surface area contributed by atoms with Crippen LogP contribution < -0.4 is 15.5 Å². The Balaban J connectivity index is 0.765. The number of nitrogens with one attached hydrogen (secondary N) is 2. The van der Waals surface area contributed by atoms with Crippen molar-refractivity contribution in [2.45, 2.75) is 97.1 Å². The number of likely N-dealkylation sites (tertiary alicyclic amines) is 3. The van der Waals surface area contributed by atoms with E-state index in [0.717, 1.165) is 104 Å². The first-order valence-electron chi connectivity index (χ1n) is 25.0. The van der Waals surface area contributed by atoms with Gasteiger partial charge in [-0.25, -0.2) is 8.76 Å². The highest BCUT2D eigenvalue weighted by Gasteiger charge is 2.45. The van der Waals surface area contributed by atoms with Gasteiger partial charge in [0.1, 0.15) is 17.9 Å². The molecule has 0 bridgehead atoms. The minimum absolute atomic E-state index is 0.0382. The van der Waals surface area contributed by atoms with E-state index in [4.69, 9.17) is 0 Å². The normalized spacial score (nSPS) is 22.6. The van der Waals surface area contributed by atoms with Crippen molar-refractivity contribution in [3.05, 3.63) is 107 Å². The van der Waals surface area contributed by atoms with E-state index in [9.17, 15) is 23.9 Å². The molecule has 0 unspecified atom stereocenters. The number of carbonyl (C=O) groups excluding carboxylic acids is 3. The number of piperidine rings is 1. The van der Waals surface area contributed by atoms with Crippen molar-refractivity contribution in [1.29, 1.82) is 0 Å². The van der Waals surface area contributed by atoms with Gasteiger partial charge < -0.3 is 30.4 Å². The number of rotatable bonds is 15. The summed E-state index contributed by atoms with van der Waals surface area (Å²) in [5, 5.41) is 16.7. The Morgan fingerprint density at radius 1 is 0.870 bits per heavy atom. The molecule has 8 rings (SSSR count). The molecule has 0 radical (unpaired) electrons. The average molecular weight is 964 g/mol. The molecule has 5 heterocycles. The maximum absolute atomic E-state index is 14.7. The molecule has 4 aromatic rings. The second-order valence-electron chi connectivity index (χ2n) is 21.5. The van der Waals surface area contributed by atoms with Gasteiger partial charge in [0, 0.05) is 101 Å². The first-order valence-corrected chi connectivity index (χ1v) is 25.8. The minimum Gasteiger partial charge on any atom is -0.391 e. The molecule has 372 valence electrons. The summed E-state index contributed by atoms with van der Waals surface area (Å²) in [4.78, 5) is 56.0. The van der Waals surface area contributed by atoms with E-state index in [-0.39, 0.29) is 43.0 Å². The molecule has 0 aliphatic carbocycles. The van der Waals surface area contributed by atoms with Crippen LogP contribution in [-0.4, -0.2) is 162 Å². The van der Waals surface area contributed by atoms with Crippen LogP contribution in [0.5, 0.6) is 0 Å². The van der Waals surface area contributed by atoms with Gasteiger partial charge in [-0.15, -0.1) is 0 Å². The molecule has 15 heteroatoms. The SMILES string of the molecule is Cc1cnsc1-c1ccc(CNC(=O)[C@@H]2C[C@@H](O)CN2C(=O)[C@H](NC(=O)CN2CCC(CN3CCN(c4ccc([C@H]5CN(Cc6c(C)cccc6F)C[C@@H]5N(C)C)cc4)CC3)CC2)C(C)(C)C)cc1. The van der Waals surface area contributed by atoms with Crippen LogP contribution in [0.25, 0.3) is 10.4 Å². The van der Waals surface area contributed by atoms with Crippen molar-refractivity contribution in [2.24, 2.45) is 11.3 Å². The topological polar surface area (TPSA) is 128 Å². The lowest BCUT2D eigenvalue weighted by atomic mass is 9.85. The van der Waals surface area contributed by atoms with Gasteiger partial charge in [-0.3, -0.25) is 29.1 Å². The van der Waals surface area contributed by atoms with Gasteiger partial charge in [-0.05, 0) is 123 Å². The summed E-state index contributed by atoms with van der Waals surface area (Å²) < 4.78 is 19.0. The Labute approximate surface area is 413 Å². The highest BCUT2D eigenvalue weighted by Crippen LogP contribution is 2.34.